The van der Waals surface area contributed by atoms with Gasteiger partial charge in [-0.1, -0.05) is 19.8 Å². The number of aliphatic hydroxyl groups excluding tert-OH is 6. The normalized spacial score (nSPS) is 15.1. The van der Waals surface area contributed by atoms with Crippen LogP contribution in [0.5, 0.6) is 0 Å². The van der Waals surface area contributed by atoms with E-state index in [1.807, 2.05) is 6.92 Å². The van der Waals surface area contributed by atoms with Crippen molar-refractivity contribution in [2.45, 2.75) is 45.0 Å². The Morgan fingerprint density at radius 2 is 1.29 bits per heavy atom. The zero-order valence-corrected chi connectivity index (χ0v) is 14.8. The first kappa shape index (κ1) is 25.9. The molecule has 0 bridgehead atoms. The van der Waals surface area contributed by atoms with Crippen LogP contribution in [0.2, 0.25) is 0 Å². The lowest BCUT2D eigenvalue weighted by atomic mass is 9.98. The summed E-state index contributed by atoms with van der Waals surface area (Å²) in [4.78, 5) is 0. The van der Waals surface area contributed by atoms with E-state index in [4.69, 9.17) is 25.2 Å². The Labute approximate surface area is 144 Å². The first-order valence-corrected chi connectivity index (χ1v) is 8.35. The summed E-state index contributed by atoms with van der Waals surface area (Å²) in [5.41, 5.74) is 0. The van der Waals surface area contributed by atoms with Crippen molar-refractivity contribution < 1.29 is 40.5 Å². The van der Waals surface area contributed by atoms with E-state index in [0.717, 1.165) is 26.4 Å². The number of ether oxygens (including phenoxy) is 1. The third kappa shape index (κ3) is 13.0. The summed E-state index contributed by atoms with van der Waals surface area (Å²) in [6.45, 7) is 1.46. The highest BCUT2D eigenvalue weighted by Crippen LogP contribution is 2.16. The zero-order valence-electron chi connectivity index (χ0n) is 14.8. The van der Waals surface area contributed by atoms with E-state index in [-0.39, 0.29) is 39.0 Å². The molecule has 0 aromatic rings. The molecule has 7 N–H and O–H groups in total. The van der Waals surface area contributed by atoms with Crippen LogP contribution >= 0.6 is 0 Å². The van der Waals surface area contributed by atoms with Crippen LogP contribution in [-0.4, -0.2) is 88.3 Å². The molecular weight excluding hydrogens is 320 g/mol. The molecule has 0 aromatic heterocycles. The van der Waals surface area contributed by atoms with Crippen molar-refractivity contribution >= 4 is 0 Å². The van der Waals surface area contributed by atoms with Crippen LogP contribution < -0.4 is 0 Å². The van der Waals surface area contributed by atoms with Gasteiger partial charge >= 0.3 is 0 Å². The summed E-state index contributed by atoms with van der Waals surface area (Å²) < 4.78 is 5.27. The molecule has 0 fully saturated rings. The van der Waals surface area contributed by atoms with Gasteiger partial charge in [-0.2, -0.15) is 0 Å². The number of unbranched alkanes of at least 4 members (excludes halogenated alkanes) is 1. The van der Waals surface area contributed by atoms with Crippen LogP contribution in [-0.2, 0) is 4.74 Å². The smallest absolute Gasteiger partial charge is 0.156 e. The molecule has 0 saturated carbocycles. The maximum atomic E-state index is 9.67. The fraction of sp³-hybridized carbons (Fsp3) is 1.00. The minimum atomic E-state index is -1.49. The Hall–Kier alpha value is -0.320. The average Bonchev–Trinajstić information content (AvgIpc) is 2.59. The lowest BCUT2D eigenvalue weighted by Crippen LogP contribution is -2.33. The van der Waals surface area contributed by atoms with Crippen molar-refractivity contribution in [3.63, 3.8) is 0 Å². The fourth-order valence-corrected chi connectivity index (χ4v) is 2.09. The Balaban J connectivity index is 0. The van der Waals surface area contributed by atoms with Crippen LogP contribution in [0.4, 0.5) is 0 Å². The summed E-state index contributed by atoms with van der Waals surface area (Å²) in [7, 11) is 1.00. The van der Waals surface area contributed by atoms with Crippen LogP contribution in [0.15, 0.2) is 0 Å². The maximum absolute atomic E-state index is 9.67. The van der Waals surface area contributed by atoms with Gasteiger partial charge in [-0.05, 0) is 18.8 Å². The van der Waals surface area contributed by atoms with Crippen LogP contribution in [0.3, 0.4) is 0 Å². The third-order valence-electron chi connectivity index (χ3n) is 3.89. The molecule has 0 radical (unpaired) electrons. The molecule has 0 rings (SSSR count). The Morgan fingerprint density at radius 3 is 1.75 bits per heavy atom. The first-order valence-electron chi connectivity index (χ1n) is 8.35. The summed E-state index contributed by atoms with van der Waals surface area (Å²) >= 11 is 0. The maximum Gasteiger partial charge on any atom is 0.156 e. The van der Waals surface area contributed by atoms with Gasteiger partial charge < -0.3 is 40.5 Å². The van der Waals surface area contributed by atoms with E-state index >= 15 is 0 Å². The van der Waals surface area contributed by atoms with Crippen LogP contribution in [0.25, 0.3) is 0 Å². The van der Waals surface area contributed by atoms with Gasteiger partial charge in [0.2, 0.25) is 0 Å². The summed E-state index contributed by atoms with van der Waals surface area (Å²) in [5, 5.41) is 62.1. The topological polar surface area (TPSA) is 151 Å². The molecule has 8 heteroatoms. The highest BCUT2D eigenvalue weighted by atomic mass is 16.5. The largest absolute Gasteiger partial charge is 0.400 e. The molecule has 148 valence electrons. The van der Waals surface area contributed by atoms with Gasteiger partial charge in [0.25, 0.3) is 0 Å². The molecule has 0 heterocycles. The third-order valence-corrected chi connectivity index (χ3v) is 3.89. The molecule has 0 aromatic carbocycles. The Bertz CT molecular complexity index is 248. The minimum Gasteiger partial charge on any atom is -0.400 e. The summed E-state index contributed by atoms with van der Waals surface area (Å²) in [6.07, 6.45) is 0.684. The van der Waals surface area contributed by atoms with Crippen molar-refractivity contribution in [1.82, 2.24) is 0 Å². The van der Waals surface area contributed by atoms with Crippen molar-refractivity contribution in [1.29, 1.82) is 0 Å². The van der Waals surface area contributed by atoms with Crippen molar-refractivity contribution in [2.75, 3.05) is 40.1 Å². The zero-order chi connectivity index (χ0) is 19.0. The monoisotopic (exact) mass is 356 g/mol. The van der Waals surface area contributed by atoms with E-state index in [1.54, 1.807) is 0 Å². The van der Waals surface area contributed by atoms with Crippen LogP contribution in [0.1, 0.15) is 32.6 Å². The molecule has 0 aliphatic rings. The first-order chi connectivity index (χ1) is 11.5. The number of aliphatic hydroxyl groups is 7. The molecule has 3 atom stereocenters. The SMILES string of the molecule is CC(CO)CCCCC(COCC(O)C(CO)CO)C(O)O.CO. The molecule has 0 aliphatic heterocycles. The molecule has 8 nitrogen and oxygen atoms in total. The lowest BCUT2D eigenvalue weighted by molar-refractivity contribution is -0.116. The van der Waals surface area contributed by atoms with E-state index in [9.17, 15) is 15.3 Å². The average molecular weight is 356 g/mol. The van der Waals surface area contributed by atoms with E-state index in [1.165, 1.54) is 0 Å². The molecule has 0 saturated heterocycles. The minimum absolute atomic E-state index is 0.0729. The van der Waals surface area contributed by atoms with Crippen molar-refractivity contribution in [2.24, 2.45) is 17.8 Å². The predicted octanol–water partition coefficient (Wildman–Crippen LogP) is -1.31. The highest BCUT2D eigenvalue weighted by molar-refractivity contribution is 4.67. The lowest BCUT2D eigenvalue weighted by Gasteiger charge is -2.22. The molecule has 0 spiro atoms. The summed E-state index contributed by atoms with van der Waals surface area (Å²) in [6, 6.07) is 0. The van der Waals surface area contributed by atoms with Gasteiger partial charge in [0.15, 0.2) is 6.29 Å². The highest BCUT2D eigenvalue weighted by Gasteiger charge is 2.20. The quantitative estimate of drug-likeness (QED) is 0.150. The predicted molar refractivity (Wildman–Crippen MR) is 89.1 cm³/mol. The van der Waals surface area contributed by atoms with E-state index in [2.05, 4.69) is 0 Å². The molecule has 24 heavy (non-hydrogen) atoms. The van der Waals surface area contributed by atoms with E-state index < -0.39 is 24.2 Å². The van der Waals surface area contributed by atoms with Crippen LogP contribution in [0, 0.1) is 17.8 Å². The molecule has 0 aliphatic carbocycles. The number of hydrogen-bond donors (Lipinski definition) is 7. The van der Waals surface area contributed by atoms with Gasteiger partial charge in [-0.25, -0.2) is 0 Å². The molecule has 3 unspecified atom stereocenters. The number of rotatable bonds is 14. The fourth-order valence-electron chi connectivity index (χ4n) is 2.09. The van der Waals surface area contributed by atoms with Gasteiger partial charge in [0.05, 0.1) is 32.5 Å². The van der Waals surface area contributed by atoms with Crippen molar-refractivity contribution in [3.8, 4) is 0 Å². The second-order valence-electron chi connectivity index (χ2n) is 5.98. The Kier molecular flexibility index (Phi) is 18.9. The van der Waals surface area contributed by atoms with Gasteiger partial charge in [0, 0.05) is 25.6 Å². The van der Waals surface area contributed by atoms with Gasteiger partial charge in [0.1, 0.15) is 0 Å². The standard InChI is InChI=1S/C15H32O7.CH4O/c1-11(6-16)4-2-3-5-12(15(20)21)9-22-10-14(19)13(7-17)8-18;1-2/h11-21H,2-10H2,1H3;2H,1H3. The number of hydrogen-bond acceptors (Lipinski definition) is 8. The van der Waals surface area contributed by atoms with Crippen molar-refractivity contribution in [3.05, 3.63) is 0 Å². The summed E-state index contributed by atoms with van der Waals surface area (Å²) in [5.74, 6) is -0.853. The second-order valence-corrected chi connectivity index (χ2v) is 5.98. The Morgan fingerprint density at radius 1 is 0.750 bits per heavy atom. The molecular formula is C16H36O8. The second kappa shape index (κ2) is 17.5. The van der Waals surface area contributed by atoms with E-state index in [0.29, 0.717) is 6.42 Å². The van der Waals surface area contributed by atoms with Gasteiger partial charge in [-0.15, -0.1) is 0 Å². The van der Waals surface area contributed by atoms with Gasteiger partial charge in [-0.3, -0.25) is 0 Å². The molecule has 0 amide bonds.